The number of hydrogen-bond acceptors (Lipinski definition) is 4. The van der Waals surface area contributed by atoms with Crippen LogP contribution in [0.25, 0.3) is 29.1 Å². The van der Waals surface area contributed by atoms with E-state index in [1.165, 1.54) is 16.8 Å². The Morgan fingerprint density at radius 1 is 0.679 bits per heavy atom. The Bertz CT molecular complexity index is 1130. The molecule has 0 atom stereocenters. The quantitative estimate of drug-likeness (QED) is 0.355. The van der Waals surface area contributed by atoms with Gasteiger partial charge in [0.15, 0.2) is 11.5 Å². The molecule has 4 rings (SSSR count). The second-order valence-electron chi connectivity index (χ2n) is 6.34. The molecule has 0 unspecified atom stereocenters. The van der Waals surface area contributed by atoms with Gasteiger partial charge >= 0.3 is 0 Å². The zero-order valence-corrected chi connectivity index (χ0v) is 14.9. The summed E-state index contributed by atoms with van der Waals surface area (Å²) >= 11 is 0. The van der Waals surface area contributed by atoms with Crippen LogP contribution in [0.1, 0.15) is 11.1 Å². The molecule has 1 aromatic heterocycles. The highest BCUT2D eigenvalue weighted by Crippen LogP contribution is 2.27. The number of benzene rings is 3. The van der Waals surface area contributed by atoms with E-state index in [9.17, 15) is 15.3 Å². The summed E-state index contributed by atoms with van der Waals surface area (Å²) in [5.74, 6) is -0.205. The smallest absolute Gasteiger partial charge is 0.214 e. The zero-order valence-electron chi connectivity index (χ0n) is 14.9. The van der Waals surface area contributed by atoms with Crippen LogP contribution in [0.15, 0.2) is 78.9 Å². The molecule has 0 aliphatic heterocycles. The van der Waals surface area contributed by atoms with Crippen LogP contribution in [-0.2, 0) is 0 Å². The van der Waals surface area contributed by atoms with Crippen molar-refractivity contribution in [1.82, 2.24) is 9.78 Å². The van der Waals surface area contributed by atoms with E-state index in [2.05, 4.69) is 5.10 Å². The molecule has 0 fully saturated rings. The number of aromatic nitrogens is 2. The van der Waals surface area contributed by atoms with Crippen molar-refractivity contribution in [3.05, 3.63) is 90.0 Å². The normalized spacial score (nSPS) is 11.1. The maximum absolute atomic E-state index is 10.2. The second-order valence-corrected chi connectivity index (χ2v) is 6.34. The second kappa shape index (κ2) is 7.32. The van der Waals surface area contributed by atoms with Gasteiger partial charge in [-0.2, -0.15) is 5.10 Å². The SMILES string of the molecule is Oc1ccc(C=Cc2ccc(-c3cc(O)n(-c4ccccc4)n3)cc2)cc1O. The van der Waals surface area contributed by atoms with E-state index in [0.29, 0.717) is 5.69 Å². The van der Waals surface area contributed by atoms with Crippen LogP contribution in [0.4, 0.5) is 0 Å². The summed E-state index contributed by atoms with van der Waals surface area (Å²) < 4.78 is 1.50. The average Bonchev–Trinajstić information content (AvgIpc) is 3.11. The molecule has 5 heteroatoms. The van der Waals surface area contributed by atoms with Crippen LogP contribution < -0.4 is 0 Å². The fourth-order valence-corrected chi connectivity index (χ4v) is 2.87. The first-order chi connectivity index (χ1) is 13.6. The number of aromatic hydroxyl groups is 3. The Balaban J connectivity index is 1.55. The lowest BCUT2D eigenvalue weighted by Gasteiger charge is -2.02. The average molecular weight is 370 g/mol. The van der Waals surface area contributed by atoms with Gasteiger partial charge < -0.3 is 15.3 Å². The van der Waals surface area contributed by atoms with Crippen LogP contribution in [0.3, 0.4) is 0 Å². The molecule has 3 aromatic carbocycles. The Hall–Kier alpha value is -3.99. The maximum Gasteiger partial charge on any atom is 0.214 e. The maximum atomic E-state index is 10.2. The highest BCUT2D eigenvalue weighted by Gasteiger charge is 2.09. The molecule has 0 spiro atoms. The third-order valence-electron chi connectivity index (χ3n) is 4.37. The summed E-state index contributed by atoms with van der Waals surface area (Å²) in [7, 11) is 0. The summed E-state index contributed by atoms with van der Waals surface area (Å²) in [5.41, 5.74) is 4.13. The van der Waals surface area contributed by atoms with Crippen molar-refractivity contribution in [3.8, 4) is 34.3 Å². The van der Waals surface area contributed by atoms with Crippen LogP contribution in [0, 0.1) is 0 Å². The minimum Gasteiger partial charge on any atom is -0.504 e. The van der Waals surface area contributed by atoms with Gasteiger partial charge in [0.25, 0.3) is 0 Å². The molecule has 0 radical (unpaired) electrons. The topological polar surface area (TPSA) is 78.5 Å². The molecule has 0 saturated heterocycles. The van der Waals surface area contributed by atoms with Crippen molar-refractivity contribution in [2.45, 2.75) is 0 Å². The Kier molecular flexibility index (Phi) is 4.56. The molecular weight excluding hydrogens is 352 g/mol. The minimum absolute atomic E-state index is 0.0808. The molecule has 138 valence electrons. The first-order valence-electron chi connectivity index (χ1n) is 8.75. The van der Waals surface area contributed by atoms with Gasteiger partial charge in [0.1, 0.15) is 0 Å². The van der Waals surface area contributed by atoms with Gasteiger partial charge in [-0.1, -0.05) is 60.7 Å². The molecule has 3 N–H and O–H groups in total. The van der Waals surface area contributed by atoms with Crippen LogP contribution in [0.2, 0.25) is 0 Å². The molecule has 0 aliphatic carbocycles. The highest BCUT2D eigenvalue weighted by atomic mass is 16.3. The predicted octanol–water partition coefficient (Wildman–Crippen LogP) is 4.83. The highest BCUT2D eigenvalue weighted by molar-refractivity contribution is 5.72. The molecule has 5 nitrogen and oxygen atoms in total. The minimum atomic E-state index is -0.147. The van der Waals surface area contributed by atoms with E-state index < -0.39 is 0 Å². The largest absolute Gasteiger partial charge is 0.504 e. The number of para-hydroxylation sites is 1. The predicted molar refractivity (Wildman–Crippen MR) is 109 cm³/mol. The third-order valence-corrected chi connectivity index (χ3v) is 4.37. The van der Waals surface area contributed by atoms with Gasteiger partial charge in [0.2, 0.25) is 5.88 Å². The lowest BCUT2D eigenvalue weighted by molar-refractivity contribution is 0.403. The summed E-state index contributed by atoms with van der Waals surface area (Å²) in [6.07, 6.45) is 3.76. The molecule has 0 aliphatic rings. The van der Waals surface area contributed by atoms with E-state index in [1.54, 1.807) is 12.1 Å². The third kappa shape index (κ3) is 3.59. The van der Waals surface area contributed by atoms with E-state index in [-0.39, 0.29) is 17.4 Å². The van der Waals surface area contributed by atoms with Gasteiger partial charge in [-0.05, 0) is 35.4 Å². The van der Waals surface area contributed by atoms with Crippen LogP contribution in [-0.4, -0.2) is 25.1 Å². The number of phenols is 2. The van der Waals surface area contributed by atoms with Crippen molar-refractivity contribution in [3.63, 3.8) is 0 Å². The fraction of sp³-hybridized carbons (Fsp3) is 0. The standard InChI is InChI=1S/C23H18N2O3/c26-21-13-10-17(14-22(21)27)7-6-16-8-11-18(12-9-16)20-15-23(28)25(24-20)19-4-2-1-3-5-19/h1-15,26-28H. The number of phenolic OH excluding ortho intramolecular Hbond substituents is 2. The Morgan fingerprint density at radius 2 is 1.36 bits per heavy atom. The van der Waals surface area contributed by atoms with Crippen molar-refractivity contribution < 1.29 is 15.3 Å². The monoisotopic (exact) mass is 370 g/mol. The van der Waals surface area contributed by atoms with Gasteiger partial charge in [-0.3, -0.25) is 0 Å². The van der Waals surface area contributed by atoms with E-state index in [1.807, 2.05) is 66.7 Å². The molecule has 28 heavy (non-hydrogen) atoms. The summed E-state index contributed by atoms with van der Waals surface area (Å²) in [5, 5.41) is 33.6. The summed E-state index contributed by atoms with van der Waals surface area (Å²) in [6.45, 7) is 0. The molecule has 4 aromatic rings. The van der Waals surface area contributed by atoms with Crippen molar-refractivity contribution in [2.75, 3.05) is 0 Å². The first kappa shape index (κ1) is 17.4. The first-order valence-corrected chi connectivity index (χ1v) is 8.75. The number of nitrogens with zero attached hydrogens (tertiary/aromatic N) is 2. The van der Waals surface area contributed by atoms with E-state index >= 15 is 0 Å². The lowest BCUT2D eigenvalue weighted by Crippen LogP contribution is -1.95. The van der Waals surface area contributed by atoms with Crippen molar-refractivity contribution in [1.29, 1.82) is 0 Å². The summed E-state index contributed by atoms with van der Waals surface area (Å²) in [4.78, 5) is 0. The van der Waals surface area contributed by atoms with Crippen LogP contribution >= 0.6 is 0 Å². The fourth-order valence-electron chi connectivity index (χ4n) is 2.87. The van der Waals surface area contributed by atoms with Gasteiger partial charge in [0.05, 0.1) is 11.4 Å². The molecule has 0 saturated carbocycles. The molecule has 0 amide bonds. The van der Waals surface area contributed by atoms with Gasteiger partial charge in [0, 0.05) is 11.6 Å². The molecular formula is C23H18N2O3. The van der Waals surface area contributed by atoms with Crippen molar-refractivity contribution >= 4 is 12.2 Å². The van der Waals surface area contributed by atoms with E-state index in [4.69, 9.17) is 0 Å². The molecule has 1 heterocycles. The number of rotatable bonds is 4. The molecule has 0 bridgehead atoms. The Morgan fingerprint density at radius 3 is 2.07 bits per heavy atom. The zero-order chi connectivity index (χ0) is 19.5. The van der Waals surface area contributed by atoms with Gasteiger partial charge in [-0.25, -0.2) is 4.68 Å². The Labute approximate surface area is 162 Å². The van der Waals surface area contributed by atoms with E-state index in [0.717, 1.165) is 22.4 Å². The number of hydrogen-bond donors (Lipinski definition) is 3. The summed E-state index contributed by atoms with van der Waals surface area (Å²) in [6, 6.07) is 23.5. The lowest BCUT2D eigenvalue weighted by atomic mass is 10.1. The van der Waals surface area contributed by atoms with Gasteiger partial charge in [-0.15, -0.1) is 0 Å². The van der Waals surface area contributed by atoms with Crippen LogP contribution in [0.5, 0.6) is 17.4 Å². The van der Waals surface area contributed by atoms with Crippen molar-refractivity contribution in [2.24, 2.45) is 0 Å².